The summed E-state index contributed by atoms with van der Waals surface area (Å²) in [5, 5.41) is 33.8. The summed E-state index contributed by atoms with van der Waals surface area (Å²) >= 11 is 4.08. The Labute approximate surface area is 119 Å². The zero-order valence-corrected chi connectivity index (χ0v) is 11.2. The average molecular weight is 302 g/mol. The highest BCUT2D eigenvalue weighted by atomic mass is 32.1. The van der Waals surface area contributed by atoms with Crippen LogP contribution in [0.2, 0.25) is 0 Å². The number of hydrogen-bond donors (Lipinski definition) is 5. The number of carboxylic acid groups (broad SMARTS) is 3. The van der Waals surface area contributed by atoms with Crippen LogP contribution in [0.1, 0.15) is 12.8 Å². The van der Waals surface area contributed by atoms with Crippen LogP contribution in [-0.4, -0.2) is 43.9 Å². The van der Waals surface area contributed by atoms with Gasteiger partial charge in [0.15, 0.2) is 5.60 Å². The third-order valence-electron chi connectivity index (χ3n) is 2.04. The van der Waals surface area contributed by atoms with Gasteiger partial charge in [-0.25, -0.2) is 4.79 Å². The van der Waals surface area contributed by atoms with Crippen molar-refractivity contribution in [1.82, 2.24) is 0 Å². The molecule has 0 aliphatic rings. The minimum Gasteiger partial charge on any atom is -0.481 e. The second-order valence-electron chi connectivity index (χ2n) is 3.81. The monoisotopic (exact) mass is 302 g/mol. The van der Waals surface area contributed by atoms with Crippen LogP contribution in [0, 0.1) is 0 Å². The molecule has 0 atom stereocenters. The summed E-state index contributed by atoms with van der Waals surface area (Å²) in [6.45, 7) is 0. The Bertz CT molecular complexity index is 456. The van der Waals surface area contributed by atoms with E-state index in [1.807, 2.05) is 30.3 Å². The maximum absolute atomic E-state index is 10.3. The lowest BCUT2D eigenvalue weighted by molar-refractivity contribution is -0.170. The fourth-order valence-corrected chi connectivity index (χ4v) is 1.31. The molecule has 1 aromatic rings. The van der Waals surface area contributed by atoms with Crippen molar-refractivity contribution in [3.63, 3.8) is 0 Å². The molecule has 8 heteroatoms. The highest BCUT2D eigenvalue weighted by molar-refractivity contribution is 7.80. The number of thiol groups is 1. The molecule has 0 saturated heterocycles. The molecule has 0 heterocycles. The number of aliphatic hydroxyl groups is 1. The van der Waals surface area contributed by atoms with Gasteiger partial charge < -0.3 is 20.4 Å². The summed E-state index contributed by atoms with van der Waals surface area (Å²) in [6.07, 6.45) is -2.29. The first-order valence-electron chi connectivity index (χ1n) is 5.31. The van der Waals surface area contributed by atoms with Crippen molar-refractivity contribution in [2.45, 2.75) is 23.3 Å². The lowest BCUT2D eigenvalue weighted by atomic mass is 9.96. The van der Waals surface area contributed by atoms with E-state index in [-0.39, 0.29) is 0 Å². The minimum atomic E-state index is -2.74. The van der Waals surface area contributed by atoms with Gasteiger partial charge in [0, 0.05) is 4.90 Å². The van der Waals surface area contributed by atoms with E-state index in [2.05, 4.69) is 12.6 Å². The van der Waals surface area contributed by atoms with Crippen molar-refractivity contribution in [2.75, 3.05) is 0 Å². The molecular weight excluding hydrogens is 288 g/mol. The van der Waals surface area contributed by atoms with Gasteiger partial charge in [0.25, 0.3) is 0 Å². The number of rotatable bonds is 5. The van der Waals surface area contributed by atoms with Crippen LogP contribution >= 0.6 is 12.6 Å². The Kier molecular flexibility index (Phi) is 7.34. The molecule has 0 saturated carbocycles. The first kappa shape index (κ1) is 17.9. The highest BCUT2D eigenvalue weighted by Crippen LogP contribution is 2.15. The number of carboxylic acids is 3. The van der Waals surface area contributed by atoms with Gasteiger partial charge in [-0.05, 0) is 12.1 Å². The normalized spacial score (nSPS) is 10.1. The third kappa shape index (κ3) is 7.39. The minimum absolute atomic E-state index is 1.02. The summed E-state index contributed by atoms with van der Waals surface area (Å²) in [4.78, 5) is 31.5. The van der Waals surface area contributed by atoms with Crippen LogP contribution in [0.4, 0.5) is 0 Å². The van der Waals surface area contributed by atoms with Gasteiger partial charge in [0.1, 0.15) is 0 Å². The Morgan fingerprint density at radius 3 is 1.55 bits per heavy atom. The van der Waals surface area contributed by atoms with Gasteiger partial charge in [0.05, 0.1) is 12.8 Å². The first-order valence-corrected chi connectivity index (χ1v) is 5.75. The van der Waals surface area contributed by atoms with Crippen molar-refractivity contribution in [1.29, 1.82) is 0 Å². The number of carbonyl (C=O) groups is 3. The topological polar surface area (TPSA) is 132 Å². The van der Waals surface area contributed by atoms with Gasteiger partial charge in [0.2, 0.25) is 0 Å². The van der Waals surface area contributed by atoms with E-state index in [0.717, 1.165) is 4.90 Å². The second-order valence-corrected chi connectivity index (χ2v) is 4.33. The Morgan fingerprint density at radius 2 is 1.35 bits per heavy atom. The molecule has 7 nitrogen and oxygen atoms in total. The molecule has 4 N–H and O–H groups in total. The van der Waals surface area contributed by atoms with Crippen molar-refractivity contribution in [3.05, 3.63) is 30.3 Å². The lowest BCUT2D eigenvalue weighted by Crippen LogP contribution is -2.42. The molecule has 0 amide bonds. The van der Waals surface area contributed by atoms with Gasteiger partial charge in [-0.3, -0.25) is 9.59 Å². The summed E-state index contributed by atoms with van der Waals surface area (Å²) in [7, 11) is 0. The largest absolute Gasteiger partial charge is 0.481 e. The van der Waals surface area contributed by atoms with Gasteiger partial charge in [-0.2, -0.15) is 0 Å². The molecule has 0 aromatic heterocycles. The quantitative estimate of drug-likeness (QED) is 0.506. The van der Waals surface area contributed by atoms with E-state index in [1.54, 1.807) is 0 Å². The Hall–Kier alpha value is -2.06. The van der Waals surface area contributed by atoms with Crippen LogP contribution in [-0.2, 0) is 14.4 Å². The van der Waals surface area contributed by atoms with E-state index < -0.39 is 36.4 Å². The molecular formula is C12H14O7S. The van der Waals surface area contributed by atoms with E-state index in [4.69, 9.17) is 20.4 Å². The van der Waals surface area contributed by atoms with Gasteiger partial charge >= 0.3 is 17.9 Å². The smallest absolute Gasteiger partial charge is 0.336 e. The molecule has 0 fully saturated rings. The van der Waals surface area contributed by atoms with Crippen molar-refractivity contribution in [2.24, 2.45) is 0 Å². The molecule has 0 unspecified atom stereocenters. The van der Waals surface area contributed by atoms with E-state index in [0.29, 0.717) is 0 Å². The Balaban J connectivity index is 0.000000428. The number of hydrogen-bond acceptors (Lipinski definition) is 5. The molecule has 0 aliphatic carbocycles. The zero-order valence-electron chi connectivity index (χ0n) is 10.3. The van der Waals surface area contributed by atoms with Gasteiger partial charge in [-0.15, -0.1) is 12.6 Å². The predicted octanol–water partition coefficient (Wildman–Crippen LogP) is 0.727. The molecule has 1 rings (SSSR count). The van der Waals surface area contributed by atoms with Crippen LogP contribution in [0.15, 0.2) is 35.2 Å². The van der Waals surface area contributed by atoms with Crippen molar-refractivity contribution in [3.8, 4) is 0 Å². The maximum atomic E-state index is 10.3. The summed E-state index contributed by atoms with van der Waals surface area (Å²) in [6, 6.07) is 9.79. The fourth-order valence-electron chi connectivity index (χ4n) is 1.14. The fraction of sp³-hybridized carbons (Fsp3) is 0.250. The van der Waals surface area contributed by atoms with Crippen molar-refractivity contribution < 1.29 is 34.8 Å². The summed E-state index contributed by atoms with van der Waals surface area (Å²) in [5.41, 5.74) is -2.74. The predicted molar refractivity (Wildman–Crippen MR) is 70.8 cm³/mol. The molecule has 110 valence electrons. The second kappa shape index (κ2) is 8.18. The molecule has 0 aliphatic heterocycles. The van der Waals surface area contributed by atoms with Crippen LogP contribution < -0.4 is 0 Å². The van der Waals surface area contributed by atoms with E-state index in [9.17, 15) is 14.4 Å². The number of aliphatic carboxylic acids is 3. The Morgan fingerprint density at radius 1 is 0.950 bits per heavy atom. The SMILES string of the molecule is O=C(O)CC(O)(CC(=O)O)C(=O)O.Sc1ccccc1. The first-order chi connectivity index (χ1) is 9.17. The number of benzene rings is 1. The van der Waals surface area contributed by atoms with Crippen LogP contribution in [0.5, 0.6) is 0 Å². The molecule has 20 heavy (non-hydrogen) atoms. The van der Waals surface area contributed by atoms with E-state index in [1.165, 1.54) is 0 Å². The van der Waals surface area contributed by atoms with E-state index >= 15 is 0 Å². The highest BCUT2D eigenvalue weighted by Gasteiger charge is 2.40. The molecule has 0 spiro atoms. The standard InChI is InChI=1S/C6H8O7.C6H6S/c7-3(8)1-6(13,5(11)12)2-4(9)10;7-6-4-2-1-3-5-6/h13H,1-2H2,(H,7,8)(H,9,10)(H,11,12);1-5,7H. The van der Waals surface area contributed by atoms with Crippen LogP contribution in [0.25, 0.3) is 0 Å². The third-order valence-corrected chi connectivity index (χ3v) is 2.34. The summed E-state index contributed by atoms with van der Waals surface area (Å²) < 4.78 is 0. The van der Waals surface area contributed by atoms with Crippen molar-refractivity contribution >= 4 is 30.5 Å². The zero-order chi connectivity index (χ0) is 15.8. The lowest BCUT2D eigenvalue weighted by Gasteiger charge is -2.18. The molecule has 0 bridgehead atoms. The molecule has 0 radical (unpaired) electrons. The van der Waals surface area contributed by atoms with Crippen LogP contribution in [0.3, 0.4) is 0 Å². The van der Waals surface area contributed by atoms with Gasteiger partial charge in [-0.1, -0.05) is 18.2 Å². The molecule has 1 aromatic carbocycles. The summed E-state index contributed by atoms with van der Waals surface area (Å²) in [5.74, 6) is -5.02. The average Bonchev–Trinajstić information content (AvgIpc) is 2.28. The maximum Gasteiger partial charge on any atom is 0.336 e.